The lowest BCUT2D eigenvalue weighted by Gasteiger charge is -2.36. The zero-order valence-electron chi connectivity index (χ0n) is 19.7. The van der Waals surface area contributed by atoms with Gasteiger partial charge in [-0.15, -0.1) is 0 Å². The summed E-state index contributed by atoms with van der Waals surface area (Å²) >= 11 is 12.5. The van der Waals surface area contributed by atoms with Gasteiger partial charge in [0.1, 0.15) is 12.0 Å². The van der Waals surface area contributed by atoms with Crippen LogP contribution in [0, 0.1) is 5.82 Å². The normalized spacial score (nSPS) is 20.1. The minimum atomic E-state index is -0.857. The third-order valence-electron chi connectivity index (χ3n) is 7.03. The first kappa shape index (κ1) is 25.0. The van der Waals surface area contributed by atoms with Crippen LogP contribution in [-0.4, -0.2) is 53.0 Å². The van der Waals surface area contributed by atoms with Gasteiger partial charge in [0, 0.05) is 41.9 Å². The number of benzene rings is 2. The highest BCUT2D eigenvalue weighted by atomic mass is 35.5. The van der Waals surface area contributed by atoms with Crippen LogP contribution in [0.5, 0.6) is 0 Å². The number of fused-ring (bicyclic) bond motifs is 2. The molecule has 2 N–H and O–H groups in total. The molecule has 2 aromatic carbocycles. The first-order valence-electron chi connectivity index (χ1n) is 11.9. The molecule has 10 heteroatoms. The van der Waals surface area contributed by atoms with Crippen LogP contribution in [0.3, 0.4) is 0 Å². The Morgan fingerprint density at radius 2 is 2.00 bits per heavy atom. The van der Waals surface area contributed by atoms with Crippen molar-refractivity contribution >= 4 is 45.6 Å². The zero-order valence-corrected chi connectivity index (χ0v) is 21.2. The van der Waals surface area contributed by atoms with Crippen LogP contribution in [0.15, 0.2) is 35.1 Å². The molecule has 1 saturated heterocycles. The number of anilines is 1. The van der Waals surface area contributed by atoms with E-state index in [2.05, 4.69) is 10.3 Å². The molecule has 36 heavy (non-hydrogen) atoms. The molecule has 3 heterocycles. The average Bonchev–Trinajstić information content (AvgIpc) is 3.22. The van der Waals surface area contributed by atoms with Gasteiger partial charge in [0.2, 0.25) is 5.91 Å². The molecule has 0 saturated carbocycles. The number of likely N-dealkylation sites (tertiary alicyclic amines) is 1. The standard InChI is InChI=1S/C26H26Cl2F2N4O2/c1-14-25-15(6-17(27)9-21(25)28)2-5-34(14)24(35)11-31-23-8-16-7-19(13-33-4-3-18(29)12-33)32-26(36)20(16)10-22(23)30/h6-10,14,18,31H,2-5,11-13H2,1H3,(H,32,36)/t14?,18-/m1/s1. The molecule has 190 valence electrons. The summed E-state index contributed by atoms with van der Waals surface area (Å²) < 4.78 is 28.3. The smallest absolute Gasteiger partial charge is 0.256 e. The second kappa shape index (κ2) is 10.00. The van der Waals surface area contributed by atoms with Gasteiger partial charge in [-0.25, -0.2) is 8.78 Å². The molecule has 2 aliphatic rings. The third-order valence-corrected chi connectivity index (χ3v) is 7.57. The molecule has 0 aliphatic carbocycles. The van der Waals surface area contributed by atoms with E-state index in [1.807, 2.05) is 17.9 Å². The van der Waals surface area contributed by atoms with Crippen LogP contribution in [0.25, 0.3) is 10.8 Å². The van der Waals surface area contributed by atoms with Crippen molar-refractivity contribution in [1.82, 2.24) is 14.8 Å². The number of aromatic nitrogens is 1. The Kier molecular flexibility index (Phi) is 6.94. The van der Waals surface area contributed by atoms with Crippen LogP contribution in [0.4, 0.5) is 14.5 Å². The maximum Gasteiger partial charge on any atom is 0.256 e. The maximum absolute atomic E-state index is 14.8. The van der Waals surface area contributed by atoms with Crippen LogP contribution in [0.2, 0.25) is 10.0 Å². The van der Waals surface area contributed by atoms with E-state index < -0.39 is 17.5 Å². The van der Waals surface area contributed by atoms with E-state index in [1.165, 1.54) is 12.1 Å². The Hall–Kier alpha value is -2.68. The Morgan fingerprint density at radius 1 is 1.19 bits per heavy atom. The highest BCUT2D eigenvalue weighted by Gasteiger charge is 2.29. The van der Waals surface area contributed by atoms with Gasteiger partial charge in [-0.3, -0.25) is 14.5 Å². The molecule has 0 radical (unpaired) electrons. The number of nitrogens with one attached hydrogen (secondary N) is 2. The number of carbonyl (C=O) groups is 1. The summed E-state index contributed by atoms with van der Waals surface area (Å²) in [5.41, 5.74) is 2.26. The molecule has 1 amide bonds. The predicted molar refractivity (Wildman–Crippen MR) is 138 cm³/mol. The fraction of sp³-hybridized carbons (Fsp3) is 0.385. The number of nitrogens with zero attached hydrogens (tertiary/aromatic N) is 2. The van der Waals surface area contributed by atoms with E-state index in [4.69, 9.17) is 23.2 Å². The number of carbonyl (C=O) groups excluding carboxylic acids is 1. The fourth-order valence-corrected chi connectivity index (χ4v) is 5.94. The fourth-order valence-electron chi connectivity index (χ4n) is 5.25. The Labute approximate surface area is 217 Å². The van der Waals surface area contributed by atoms with Crippen molar-refractivity contribution < 1.29 is 13.6 Å². The lowest BCUT2D eigenvalue weighted by Crippen LogP contribution is -2.42. The molecule has 1 fully saturated rings. The Balaban J connectivity index is 1.32. The molecule has 5 rings (SSSR count). The molecular weight excluding hydrogens is 509 g/mol. The Bertz CT molecular complexity index is 1400. The van der Waals surface area contributed by atoms with Gasteiger partial charge in [0.15, 0.2) is 0 Å². The number of rotatable bonds is 5. The van der Waals surface area contributed by atoms with Crippen molar-refractivity contribution in [2.75, 3.05) is 31.5 Å². The first-order valence-corrected chi connectivity index (χ1v) is 12.7. The van der Waals surface area contributed by atoms with E-state index in [1.54, 1.807) is 17.0 Å². The monoisotopic (exact) mass is 534 g/mol. The number of aromatic amines is 1. The van der Waals surface area contributed by atoms with Crippen molar-refractivity contribution in [3.8, 4) is 0 Å². The SMILES string of the molecule is CC1c2c(Cl)cc(Cl)cc2CCN1C(=O)CNc1cc2cc(CN3CC[C@@H](F)C3)[nH]c(=O)c2cc1F. The quantitative estimate of drug-likeness (QED) is 0.479. The minimum Gasteiger partial charge on any atom is -0.374 e. The number of amides is 1. The molecule has 3 aromatic rings. The molecule has 0 spiro atoms. The highest BCUT2D eigenvalue weighted by molar-refractivity contribution is 6.35. The van der Waals surface area contributed by atoms with Gasteiger partial charge < -0.3 is 15.2 Å². The number of halogens is 4. The van der Waals surface area contributed by atoms with Crippen molar-refractivity contribution in [2.24, 2.45) is 0 Å². The van der Waals surface area contributed by atoms with Crippen LogP contribution in [0.1, 0.15) is 36.2 Å². The Morgan fingerprint density at radius 3 is 2.75 bits per heavy atom. The molecule has 2 aliphatic heterocycles. The highest BCUT2D eigenvalue weighted by Crippen LogP contribution is 2.37. The van der Waals surface area contributed by atoms with Crippen LogP contribution >= 0.6 is 23.2 Å². The summed E-state index contributed by atoms with van der Waals surface area (Å²) in [5.74, 6) is -0.817. The van der Waals surface area contributed by atoms with Crippen LogP contribution in [-0.2, 0) is 17.8 Å². The summed E-state index contributed by atoms with van der Waals surface area (Å²) in [5, 5.41) is 4.74. The maximum atomic E-state index is 14.8. The molecule has 1 aromatic heterocycles. The second-order valence-electron chi connectivity index (χ2n) is 9.49. The van der Waals surface area contributed by atoms with E-state index >= 15 is 0 Å². The number of alkyl halides is 1. The summed E-state index contributed by atoms with van der Waals surface area (Å²) in [6, 6.07) is 7.77. The number of hydrogen-bond donors (Lipinski definition) is 2. The predicted octanol–water partition coefficient (Wildman–Crippen LogP) is 5.08. The van der Waals surface area contributed by atoms with Crippen molar-refractivity contribution in [3.63, 3.8) is 0 Å². The van der Waals surface area contributed by atoms with Gasteiger partial charge in [0.25, 0.3) is 5.56 Å². The summed E-state index contributed by atoms with van der Waals surface area (Å²) in [6.45, 7) is 3.65. The van der Waals surface area contributed by atoms with Gasteiger partial charge >= 0.3 is 0 Å². The third kappa shape index (κ3) is 4.94. The van der Waals surface area contributed by atoms with Crippen LogP contribution < -0.4 is 10.9 Å². The molecule has 1 unspecified atom stereocenters. The molecule has 6 nitrogen and oxygen atoms in total. The van der Waals surface area contributed by atoms with Gasteiger partial charge in [-0.1, -0.05) is 23.2 Å². The van der Waals surface area contributed by atoms with E-state index in [9.17, 15) is 18.4 Å². The van der Waals surface area contributed by atoms with Gasteiger partial charge in [0.05, 0.1) is 23.7 Å². The lowest BCUT2D eigenvalue weighted by molar-refractivity contribution is -0.131. The number of H-pyrrole nitrogens is 1. The summed E-state index contributed by atoms with van der Waals surface area (Å²) in [6.07, 6.45) is 0.248. The van der Waals surface area contributed by atoms with E-state index in [-0.39, 0.29) is 29.6 Å². The topological polar surface area (TPSA) is 68.4 Å². The second-order valence-corrected chi connectivity index (χ2v) is 10.3. The zero-order chi connectivity index (χ0) is 25.6. The molecular formula is C26H26Cl2F2N4O2. The van der Waals surface area contributed by atoms with Crippen molar-refractivity contribution in [3.05, 3.63) is 73.4 Å². The summed E-state index contributed by atoms with van der Waals surface area (Å²) in [7, 11) is 0. The minimum absolute atomic E-state index is 0.116. The lowest BCUT2D eigenvalue weighted by atomic mass is 9.93. The largest absolute Gasteiger partial charge is 0.374 e. The van der Waals surface area contributed by atoms with Gasteiger partial charge in [-0.2, -0.15) is 0 Å². The summed E-state index contributed by atoms with van der Waals surface area (Å²) in [4.78, 5) is 32.0. The van der Waals surface area contributed by atoms with E-state index in [0.29, 0.717) is 60.1 Å². The first-order chi connectivity index (χ1) is 17.2. The van der Waals surface area contributed by atoms with Crippen molar-refractivity contribution in [2.45, 2.75) is 38.5 Å². The molecule has 0 bridgehead atoms. The number of hydrogen-bond acceptors (Lipinski definition) is 4. The molecule has 2 atom stereocenters. The number of pyridine rings is 1. The average molecular weight is 535 g/mol. The van der Waals surface area contributed by atoms with E-state index in [0.717, 1.165) is 11.1 Å². The van der Waals surface area contributed by atoms with Crippen molar-refractivity contribution in [1.29, 1.82) is 0 Å². The van der Waals surface area contributed by atoms with Gasteiger partial charge in [-0.05, 0) is 66.6 Å².